The molecule has 1 rings (SSSR count). The van der Waals surface area contributed by atoms with Crippen molar-refractivity contribution < 1.29 is 24.8 Å². The van der Waals surface area contributed by atoms with Crippen molar-refractivity contribution in [2.45, 2.75) is 24.6 Å². The van der Waals surface area contributed by atoms with E-state index >= 15 is 0 Å². The van der Waals surface area contributed by atoms with Crippen molar-refractivity contribution in [2.75, 3.05) is 13.7 Å². The summed E-state index contributed by atoms with van der Waals surface area (Å²) in [6, 6.07) is 0. The number of hydrogen-bond donors (Lipinski definition) is 3. The first kappa shape index (κ1) is 8.89. The highest BCUT2D eigenvalue weighted by Gasteiger charge is 2.37. The number of hydrogen-bond acceptors (Lipinski definition) is 5. The normalized spacial score (nSPS) is 45.8. The average Bonchev–Trinajstić information content (AvgIpc) is 2.01. The van der Waals surface area contributed by atoms with Gasteiger partial charge >= 0.3 is 0 Å². The van der Waals surface area contributed by atoms with Crippen LogP contribution < -0.4 is 0 Å². The van der Waals surface area contributed by atoms with Crippen molar-refractivity contribution in [2.24, 2.45) is 0 Å². The number of aliphatic hydroxyl groups excluding tert-OH is 3. The maximum atomic E-state index is 9.15. The Hall–Kier alpha value is -0.200. The summed E-state index contributed by atoms with van der Waals surface area (Å²) < 4.78 is 9.52. The molecule has 11 heavy (non-hydrogen) atoms. The van der Waals surface area contributed by atoms with Crippen molar-refractivity contribution in [1.82, 2.24) is 0 Å². The van der Waals surface area contributed by atoms with E-state index in [1.165, 1.54) is 7.11 Å². The highest BCUT2D eigenvalue weighted by molar-refractivity contribution is 4.81. The summed E-state index contributed by atoms with van der Waals surface area (Å²) in [5.74, 6) is 0. The molecule has 1 fully saturated rings. The second-order valence-corrected chi connectivity index (χ2v) is 2.49. The van der Waals surface area contributed by atoms with Gasteiger partial charge in [0.2, 0.25) is 0 Å². The van der Waals surface area contributed by atoms with Crippen molar-refractivity contribution in [1.29, 1.82) is 0 Å². The Morgan fingerprint density at radius 2 is 1.91 bits per heavy atom. The molecule has 3 N–H and O–H groups in total. The van der Waals surface area contributed by atoms with Crippen LogP contribution in [0.3, 0.4) is 0 Å². The summed E-state index contributed by atoms with van der Waals surface area (Å²) in [7, 11) is 1.36. The van der Waals surface area contributed by atoms with E-state index in [9.17, 15) is 0 Å². The smallest absolute Gasteiger partial charge is 0.185 e. The third-order valence-corrected chi connectivity index (χ3v) is 1.69. The Balaban J connectivity index is 2.52. The molecule has 0 aromatic rings. The van der Waals surface area contributed by atoms with Crippen LogP contribution in [0, 0.1) is 0 Å². The standard InChI is InChI=1S/C6H12O5/c1-10-6-5(9)4(8)3(7)2-11-6/h3-9H,2H2,1H3/t3-,4-,5-,6+/m0/s1. The molecule has 1 aliphatic rings. The van der Waals surface area contributed by atoms with Crippen LogP contribution in [0.5, 0.6) is 0 Å². The lowest BCUT2D eigenvalue weighted by atomic mass is 10.1. The van der Waals surface area contributed by atoms with E-state index in [1.54, 1.807) is 0 Å². The zero-order valence-electron chi connectivity index (χ0n) is 6.17. The van der Waals surface area contributed by atoms with Crippen LogP contribution in [0.2, 0.25) is 0 Å². The molecular formula is C6H12O5. The second-order valence-electron chi connectivity index (χ2n) is 2.49. The summed E-state index contributed by atoms with van der Waals surface area (Å²) >= 11 is 0. The van der Waals surface area contributed by atoms with Gasteiger partial charge in [-0.2, -0.15) is 0 Å². The zero-order valence-corrected chi connectivity index (χ0v) is 6.17. The number of rotatable bonds is 1. The fourth-order valence-electron chi connectivity index (χ4n) is 0.987. The number of methoxy groups -OCH3 is 1. The molecule has 0 spiro atoms. The van der Waals surface area contributed by atoms with E-state index in [4.69, 9.17) is 20.1 Å². The monoisotopic (exact) mass is 164 g/mol. The quantitative estimate of drug-likeness (QED) is 0.420. The van der Waals surface area contributed by atoms with Crippen LogP contribution >= 0.6 is 0 Å². The lowest BCUT2D eigenvalue weighted by Gasteiger charge is -2.33. The first-order valence-corrected chi connectivity index (χ1v) is 3.35. The van der Waals surface area contributed by atoms with Gasteiger partial charge in [0.1, 0.15) is 18.3 Å². The van der Waals surface area contributed by atoms with Crippen LogP contribution in [-0.2, 0) is 9.47 Å². The molecular weight excluding hydrogens is 152 g/mol. The third-order valence-electron chi connectivity index (χ3n) is 1.69. The molecule has 5 nitrogen and oxygen atoms in total. The van der Waals surface area contributed by atoms with Crippen molar-refractivity contribution in [3.05, 3.63) is 0 Å². The Morgan fingerprint density at radius 3 is 2.45 bits per heavy atom. The molecule has 66 valence electrons. The molecule has 1 heterocycles. The molecule has 1 aliphatic heterocycles. The highest BCUT2D eigenvalue weighted by Crippen LogP contribution is 2.15. The van der Waals surface area contributed by atoms with E-state index < -0.39 is 24.6 Å². The van der Waals surface area contributed by atoms with Gasteiger partial charge in [0, 0.05) is 7.11 Å². The van der Waals surface area contributed by atoms with E-state index in [2.05, 4.69) is 4.74 Å². The maximum absolute atomic E-state index is 9.15. The van der Waals surface area contributed by atoms with Crippen LogP contribution in [0.15, 0.2) is 0 Å². The summed E-state index contributed by atoms with van der Waals surface area (Å²) in [6.45, 7) is -0.0171. The molecule has 0 amide bonds. The first-order chi connectivity index (χ1) is 5.16. The van der Waals surface area contributed by atoms with Crippen LogP contribution in [0.4, 0.5) is 0 Å². The van der Waals surface area contributed by atoms with Crippen molar-refractivity contribution in [3.63, 3.8) is 0 Å². The molecule has 0 aromatic heterocycles. The first-order valence-electron chi connectivity index (χ1n) is 3.35. The number of ether oxygens (including phenoxy) is 2. The van der Waals surface area contributed by atoms with Crippen LogP contribution in [-0.4, -0.2) is 53.6 Å². The molecule has 1 saturated heterocycles. The Labute approximate surface area is 64.2 Å². The summed E-state index contributed by atoms with van der Waals surface area (Å²) in [6.07, 6.45) is -4.23. The molecule has 0 aliphatic carbocycles. The lowest BCUT2D eigenvalue weighted by molar-refractivity contribution is -0.261. The van der Waals surface area contributed by atoms with Gasteiger partial charge in [0.15, 0.2) is 6.29 Å². The van der Waals surface area contributed by atoms with E-state index in [0.29, 0.717) is 0 Å². The Morgan fingerprint density at radius 1 is 1.27 bits per heavy atom. The van der Waals surface area contributed by atoms with Gasteiger partial charge in [-0.15, -0.1) is 0 Å². The van der Waals surface area contributed by atoms with E-state index in [-0.39, 0.29) is 6.61 Å². The van der Waals surface area contributed by atoms with Crippen molar-refractivity contribution in [3.8, 4) is 0 Å². The predicted molar refractivity (Wildman–Crippen MR) is 34.8 cm³/mol. The molecule has 0 bridgehead atoms. The van der Waals surface area contributed by atoms with Gasteiger partial charge in [-0.1, -0.05) is 0 Å². The largest absolute Gasteiger partial charge is 0.388 e. The summed E-state index contributed by atoms with van der Waals surface area (Å²) in [5, 5.41) is 27.2. The second kappa shape index (κ2) is 3.46. The number of aliphatic hydroxyl groups is 3. The fourth-order valence-corrected chi connectivity index (χ4v) is 0.987. The molecule has 5 heteroatoms. The minimum Gasteiger partial charge on any atom is -0.388 e. The van der Waals surface area contributed by atoms with Gasteiger partial charge in [0.25, 0.3) is 0 Å². The summed E-state index contributed by atoms with van der Waals surface area (Å²) in [4.78, 5) is 0. The maximum Gasteiger partial charge on any atom is 0.185 e. The lowest BCUT2D eigenvalue weighted by Crippen LogP contribution is -2.53. The predicted octanol–water partition coefficient (Wildman–Crippen LogP) is -1.93. The topological polar surface area (TPSA) is 79.2 Å². The minimum absolute atomic E-state index is 0.0171. The van der Waals surface area contributed by atoms with Crippen LogP contribution in [0.25, 0.3) is 0 Å². The summed E-state index contributed by atoms with van der Waals surface area (Å²) in [5.41, 5.74) is 0. The van der Waals surface area contributed by atoms with Gasteiger partial charge < -0.3 is 24.8 Å². The highest BCUT2D eigenvalue weighted by atomic mass is 16.7. The Kier molecular flexibility index (Phi) is 2.80. The van der Waals surface area contributed by atoms with Gasteiger partial charge in [-0.25, -0.2) is 0 Å². The van der Waals surface area contributed by atoms with Crippen molar-refractivity contribution >= 4 is 0 Å². The van der Waals surface area contributed by atoms with E-state index in [1.807, 2.05) is 0 Å². The van der Waals surface area contributed by atoms with Gasteiger partial charge in [0.05, 0.1) is 6.61 Å². The average molecular weight is 164 g/mol. The third kappa shape index (κ3) is 1.69. The molecule has 0 radical (unpaired) electrons. The zero-order chi connectivity index (χ0) is 8.43. The van der Waals surface area contributed by atoms with E-state index in [0.717, 1.165) is 0 Å². The molecule has 0 unspecified atom stereocenters. The molecule has 4 atom stereocenters. The molecule has 0 aromatic carbocycles. The minimum atomic E-state index is -1.19. The van der Waals surface area contributed by atoms with Gasteiger partial charge in [-0.3, -0.25) is 0 Å². The van der Waals surface area contributed by atoms with Crippen LogP contribution in [0.1, 0.15) is 0 Å². The van der Waals surface area contributed by atoms with Gasteiger partial charge in [-0.05, 0) is 0 Å². The fraction of sp³-hybridized carbons (Fsp3) is 1.00. The molecule has 0 saturated carbocycles. The Bertz CT molecular complexity index is 126. The SMILES string of the molecule is CO[C@@H]1OC[C@H](O)[C@H](O)[C@@H]1O.